The number of aryl methyl sites for hydroxylation is 1. The molecule has 0 amide bonds. The van der Waals surface area contributed by atoms with E-state index in [1.807, 2.05) is 19.1 Å². The summed E-state index contributed by atoms with van der Waals surface area (Å²) in [6.45, 7) is 3.10. The van der Waals surface area contributed by atoms with E-state index in [-0.39, 0.29) is 5.84 Å². The SMILES string of the molecule is Cc1cc(N(C)CC2CCCC2)ccc1/C(N)=N/O. The Labute approximate surface area is 114 Å². The zero-order valence-electron chi connectivity index (χ0n) is 11.8. The second-order valence-corrected chi connectivity index (χ2v) is 5.52. The molecule has 0 heterocycles. The van der Waals surface area contributed by atoms with Crippen molar-refractivity contribution >= 4 is 11.5 Å². The Hall–Kier alpha value is -1.71. The molecule has 1 aliphatic carbocycles. The molecule has 0 aromatic heterocycles. The first-order valence-corrected chi connectivity index (χ1v) is 6.91. The van der Waals surface area contributed by atoms with Crippen molar-refractivity contribution in [1.29, 1.82) is 0 Å². The molecule has 104 valence electrons. The molecule has 1 aliphatic rings. The van der Waals surface area contributed by atoms with Crippen LogP contribution in [0.4, 0.5) is 5.69 Å². The molecule has 0 atom stereocenters. The van der Waals surface area contributed by atoms with E-state index in [0.29, 0.717) is 0 Å². The highest BCUT2D eigenvalue weighted by Gasteiger charge is 2.17. The summed E-state index contributed by atoms with van der Waals surface area (Å²) in [4.78, 5) is 2.30. The normalized spacial score (nSPS) is 16.8. The molecule has 0 spiro atoms. The van der Waals surface area contributed by atoms with Crippen molar-refractivity contribution in [2.45, 2.75) is 32.6 Å². The lowest BCUT2D eigenvalue weighted by atomic mass is 10.0. The van der Waals surface area contributed by atoms with Crippen LogP contribution in [0.2, 0.25) is 0 Å². The summed E-state index contributed by atoms with van der Waals surface area (Å²) in [6.07, 6.45) is 5.46. The summed E-state index contributed by atoms with van der Waals surface area (Å²) < 4.78 is 0. The van der Waals surface area contributed by atoms with Crippen LogP contribution in [0.15, 0.2) is 23.4 Å². The minimum absolute atomic E-state index is 0.169. The van der Waals surface area contributed by atoms with Gasteiger partial charge in [0.25, 0.3) is 0 Å². The minimum Gasteiger partial charge on any atom is -0.409 e. The quantitative estimate of drug-likeness (QED) is 0.379. The maximum absolute atomic E-state index is 8.73. The molecule has 4 heteroatoms. The van der Waals surface area contributed by atoms with Crippen molar-refractivity contribution < 1.29 is 5.21 Å². The van der Waals surface area contributed by atoms with Crippen LogP contribution < -0.4 is 10.6 Å². The second-order valence-electron chi connectivity index (χ2n) is 5.52. The van der Waals surface area contributed by atoms with Crippen molar-refractivity contribution in [3.63, 3.8) is 0 Å². The van der Waals surface area contributed by atoms with Crippen LogP contribution in [0.25, 0.3) is 0 Å². The molecule has 0 saturated heterocycles. The van der Waals surface area contributed by atoms with Gasteiger partial charge in [-0.05, 0) is 49.4 Å². The zero-order valence-corrected chi connectivity index (χ0v) is 11.8. The van der Waals surface area contributed by atoms with Gasteiger partial charge < -0.3 is 15.8 Å². The Balaban J connectivity index is 2.10. The van der Waals surface area contributed by atoms with Gasteiger partial charge in [0.1, 0.15) is 0 Å². The molecular formula is C15H23N3O. The Morgan fingerprint density at radius 2 is 2.11 bits per heavy atom. The maximum Gasteiger partial charge on any atom is 0.170 e. The van der Waals surface area contributed by atoms with Gasteiger partial charge in [-0.2, -0.15) is 0 Å². The van der Waals surface area contributed by atoms with Gasteiger partial charge in [-0.3, -0.25) is 0 Å². The molecule has 1 aromatic carbocycles. The number of benzene rings is 1. The highest BCUT2D eigenvalue weighted by Crippen LogP contribution is 2.27. The number of nitrogens with two attached hydrogens (primary N) is 1. The average Bonchev–Trinajstić information content (AvgIpc) is 2.90. The lowest BCUT2D eigenvalue weighted by molar-refractivity contribution is 0.318. The summed E-state index contributed by atoms with van der Waals surface area (Å²) in [7, 11) is 2.14. The van der Waals surface area contributed by atoms with E-state index in [9.17, 15) is 0 Å². The van der Waals surface area contributed by atoms with Crippen LogP contribution in [-0.2, 0) is 0 Å². The summed E-state index contributed by atoms with van der Waals surface area (Å²) in [5, 5.41) is 11.8. The predicted octanol–water partition coefficient (Wildman–Crippen LogP) is 2.72. The van der Waals surface area contributed by atoms with Crippen LogP contribution in [0.3, 0.4) is 0 Å². The molecular weight excluding hydrogens is 238 g/mol. The van der Waals surface area contributed by atoms with Gasteiger partial charge in [0.2, 0.25) is 0 Å². The van der Waals surface area contributed by atoms with Gasteiger partial charge in [0.15, 0.2) is 5.84 Å². The largest absolute Gasteiger partial charge is 0.409 e. The fourth-order valence-corrected chi connectivity index (χ4v) is 2.91. The summed E-state index contributed by atoms with van der Waals surface area (Å²) >= 11 is 0. The topological polar surface area (TPSA) is 61.8 Å². The number of oxime groups is 1. The first-order chi connectivity index (χ1) is 9.11. The summed E-state index contributed by atoms with van der Waals surface area (Å²) in [6, 6.07) is 6.06. The third-order valence-corrected chi connectivity index (χ3v) is 4.04. The first kappa shape index (κ1) is 13.7. The molecule has 1 aromatic rings. The number of hydrogen-bond donors (Lipinski definition) is 2. The lowest BCUT2D eigenvalue weighted by Crippen LogP contribution is -2.24. The molecule has 19 heavy (non-hydrogen) atoms. The standard InChI is InChI=1S/C15H23N3O/c1-11-9-13(7-8-14(11)15(16)17-19)18(2)10-12-5-3-4-6-12/h7-9,12,19H,3-6,10H2,1-2H3,(H2,16,17). The van der Waals surface area contributed by atoms with E-state index in [4.69, 9.17) is 10.9 Å². The Kier molecular flexibility index (Phi) is 4.30. The molecule has 1 saturated carbocycles. The van der Waals surface area contributed by atoms with Crippen molar-refractivity contribution in [3.8, 4) is 0 Å². The van der Waals surface area contributed by atoms with Crippen LogP contribution >= 0.6 is 0 Å². The Morgan fingerprint density at radius 1 is 1.42 bits per heavy atom. The molecule has 0 bridgehead atoms. The Bertz CT molecular complexity index is 464. The van der Waals surface area contributed by atoms with E-state index in [1.165, 1.54) is 31.4 Å². The van der Waals surface area contributed by atoms with Gasteiger partial charge in [-0.25, -0.2) is 0 Å². The van der Waals surface area contributed by atoms with E-state index < -0.39 is 0 Å². The third-order valence-electron chi connectivity index (χ3n) is 4.04. The van der Waals surface area contributed by atoms with Gasteiger partial charge in [-0.15, -0.1) is 0 Å². The number of nitrogens with zero attached hydrogens (tertiary/aromatic N) is 2. The van der Waals surface area contributed by atoms with E-state index >= 15 is 0 Å². The molecule has 2 rings (SSSR count). The molecule has 0 unspecified atom stereocenters. The van der Waals surface area contributed by atoms with Crippen LogP contribution in [0, 0.1) is 12.8 Å². The fraction of sp³-hybridized carbons (Fsp3) is 0.533. The van der Waals surface area contributed by atoms with Gasteiger partial charge in [0.05, 0.1) is 0 Å². The smallest absolute Gasteiger partial charge is 0.170 e. The minimum atomic E-state index is 0.169. The van der Waals surface area contributed by atoms with E-state index in [1.54, 1.807) is 0 Å². The first-order valence-electron chi connectivity index (χ1n) is 6.91. The van der Waals surface area contributed by atoms with Gasteiger partial charge in [0, 0.05) is 24.8 Å². The number of amidine groups is 1. The number of rotatable bonds is 4. The molecule has 3 N–H and O–H groups in total. The van der Waals surface area contributed by atoms with Crippen molar-refractivity contribution in [3.05, 3.63) is 29.3 Å². The van der Waals surface area contributed by atoms with Gasteiger partial charge >= 0.3 is 0 Å². The van der Waals surface area contributed by atoms with Crippen LogP contribution in [-0.4, -0.2) is 24.6 Å². The van der Waals surface area contributed by atoms with E-state index in [0.717, 1.165) is 23.6 Å². The third kappa shape index (κ3) is 3.19. The van der Waals surface area contributed by atoms with Crippen molar-refractivity contribution in [2.75, 3.05) is 18.5 Å². The highest BCUT2D eigenvalue weighted by molar-refractivity contribution is 5.98. The molecule has 1 fully saturated rings. The number of hydrogen-bond acceptors (Lipinski definition) is 3. The van der Waals surface area contributed by atoms with Crippen molar-refractivity contribution in [2.24, 2.45) is 16.8 Å². The monoisotopic (exact) mass is 261 g/mol. The summed E-state index contributed by atoms with van der Waals surface area (Å²) in [5.41, 5.74) is 8.66. The fourth-order valence-electron chi connectivity index (χ4n) is 2.91. The predicted molar refractivity (Wildman–Crippen MR) is 78.9 cm³/mol. The highest BCUT2D eigenvalue weighted by atomic mass is 16.4. The second kappa shape index (κ2) is 5.95. The van der Waals surface area contributed by atoms with E-state index in [2.05, 4.69) is 23.2 Å². The molecule has 0 aliphatic heterocycles. The zero-order chi connectivity index (χ0) is 13.8. The molecule has 0 radical (unpaired) electrons. The van der Waals surface area contributed by atoms with Crippen molar-refractivity contribution in [1.82, 2.24) is 0 Å². The number of anilines is 1. The van der Waals surface area contributed by atoms with Crippen LogP contribution in [0.5, 0.6) is 0 Å². The Morgan fingerprint density at radius 3 is 2.68 bits per heavy atom. The lowest BCUT2D eigenvalue weighted by Gasteiger charge is -2.24. The van der Waals surface area contributed by atoms with Gasteiger partial charge in [-0.1, -0.05) is 18.0 Å². The maximum atomic E-state index is 8.73. The molecule has 4 nitrogen and oxygen atoms in total. The average molecular weight is 261 g/mol. The summed E-state index contributed by atoms with van der Waals surface area (Å²) in [5.74, 6) is 0.997. The van der Waals surface area contributed by atoms with Crippen LogP contribution in [0.1, 0.15) is 36.8 Å².